The molecule has 7 heteroatoms. The number of halogens is 1. The van der Waals surface area contributed by atoms with Gasteiger partial charge in [0.05, 0.1) is 18.9 Å². The lowest BCUT2D eigenvalue weighted by Crippen LogP contribution is -2.42. The summed E-state index contributed by atoms with van der Waals surface area (Å²) in [6.07, 6.45) is 3.82. The van der Waals surface area contributed by atoms with E-state index in [-0.39, 0.29) is 36.6 Å². The zero-order valence-electron chi connectivity index (χ0n) is 18.1. The van der Waals surface area contributed by atoms with Crippen molar-refractivity contribution in [3.8, 4) is 0 Å². The molecule has 166 valence electrons. The maximum Gasteiger partial charge on any atom is 0.191 e. The number of aryl methyl sites for hydroxylation is 1. The van der Waals surface area contributed by atoms with Crippen molar-refractivity contribution in [2.24, 2.45) is 10.9 Å². The number of benzene rings is 1. The Labute approximate surface area is 196 Å². The van der Waals surface area contributed by atoms with Gasteiger partial charge in [-0.2, -0.15) is 0 Å². The summed E-state index contributed by atoms with van der Waals surface area (Å²) in [5, 5.41) is 17.3. The van der Waals surface area contributed by atoms with E-state index >= 15 is 0 Å². The minimum absolute atomic E-state index is 0. The standard InChI is InChI=1S/C23H33N3O3.HI/c1-4-24-22(26-16-23(3,27)20-8-6-13-28-20)25-15-19-7-5-14-29-21(19)18-11-9-17(2)10-12-18;/h6,8-13,19,21,27H,4-5,7,14-16H2,1-3H3,(H2,24,25,26);1H. The number of aliphatic hydroxyl groups is 1. The van der Waals surface area contributed by atoms with Crippen molar-refractivity contribution in [2.75, 3.05) is 26.2 Å². The molecule has 0 spiro atoms. The average molecular weight is 527 g/mol. The zero-order valence-corrected chi connectivity index (χ0v) is 20.4. The summed E-state index contributed by atoms with van der Waals surface area (Å²) in [5.41, 5.74) is 1.33. The molecule has 6 nitrogen and oxygen atoms in total. The highest BCUT2D eigenvalue weighted by atomic mass is 127. The van der Waals surface area contributed by atoms with E-state index in [1.807, 2.05) is 6.92 Å². The zero-order chi connectivity index (χ0) is 20.7. The molecule has 1 fully saturated rings. The van der Waals surface area contributed by atoms with Crippen LogP contribution in [0.5, 0.6) is 0 Å². The van der Waals surface area contributed by atoms with Gasteiger partial charge in [-0.15, -0.1) is 24.0 Å². The first kappa shape index (κ1) is 24.7. The van der Waals surface area contributed by atoms with Crippen molar-refractivity contribution < 1.29 is 14.3 Å². The van der Waals surface area contributed by atoms with Crippen LogP contribution in [0.15, 0.2) is 52.1 Å². The molecule has 30 heavy (non-hydrogen) atoms. The van der Waals surface area contributed by atoms with E-state index in [1.165, 1.54) is 11.1 Å². The molecule has 0 saturated carbocycles. The van der Waals surface area contributed by atoms with E-state index in [4.69, 9.17) is 9.15 Å². The van der Waals surface area contributed by atoms with Crippen LogP contribution in [-0.2, 0) is 10.3 Å². The number of ether oxygens (including phenoxy) is 1. The predicted molar refractivity (Wildman–Crippen MR) is 130 cm³/mol. The average Bonchev–Trinajstić information content (AvgIpc) is 3.27. The summed E-state index contributed by atoms with van der Waals surface area (Å²) in [6, 6.07) is 12.1. The first-order valence-corrected chi connectivity index (χ1v) is 10.5. The van der Waals surface area contributed by atoms with Crippen molar-refractivity contribution in [1.29, 1.82) is 0 Å². The summed E-state index contributed by atoms with van der Waals surface area (Å²) < 4.78 is 11.5. The summed E-state index contributed by atoms with van der Waals surface area (Å²) in [6.45, 7) is 8.35. The Bertz CT molecular complexity index is 776. The molecule has 1 aromatic heterocycles. The van der Waals surface area contributed by atoms with Crippen molar-refractivity contribution in [3.05, 3.63) is 59.5 Å². The predicted octanol–water partition coefficient (Wildman–Crippen LogP) is 4.14. The number of rotatable bonds is 7. The molecule has 0 radical (unpaired) electrons. The lowest BCUT2D eigenvalue weighted by Gasteiger charge is -2.32. The second-order valence-electron chi connectivity index (χ2n) is 7.93. The van der Waals surface area contributed by atoms with Gasteiger partial charge in [0.25, 0.3) is 0 Å². The Hall–Kier alpha value is -1.58. The first-order chi connectivity index (χ1) is 14.0. The van der Waals surface area contributed by atoms with E-state index in [1.54, 1.807) is 25.3 Å². The van der Waals surface area contributed by atoms with Crippen molar-refractivity contribution >= 4 is 29.9 Å². The molecule has 0 aliphatic carbocycles. The lowest BCUT2D eigenvalue weighted by molar-refractivity contribution is -0.0265. The number of guanidine groups is 1. The van der Waals surface area contributed by atoms with Gasteiger partial charge in [0.2, 0.25) is 0 Å². The minimum atomic E-state index is -1.15. The largest absolute Gasteiger partial charge is 0.466 e. The van der Waals surface area contributed by atoms with Crippen LogP contribution >= 0.6 is 24.0 Å². The van der Waals surface area contributed by atoms with Gasteiger partial charge >= 0.3 is 0 Å². The first-order valence-electron chi connectivity index (χ1n) is 10.5. The van der Waals surface area contributed by atoms with Crippen LogP contribution in [-0.4, -0.2) is 37.3 Å². The maximum atomic E-state index is 10.6. The fourth-order valence-electron chi connectivity index (χ4n) is 3.64. The van der Waals surface area contributed by atoms with Crippen LogP contribution in [0.3, 0.4) is 0 Å². The van der Waals surface area contributed by atoms with Gasteiger partial charge in [-0.25, -0.2) is 4.99 Å². The SMILES string of the molecule is CCNC(=NCC(C)(O)c1ccco1)NCC1CCCOC1c1ccc(C)cc1.I. The van der Waals surface area contributed by atoms with E-state index in [0.29, 0.717) is 17.6 Å². The smallest absolute Gasteiger partial charge is 0.191 e. The molecule has 1 aliphatic heterocycles. The Kier molecular flexibility index (Phi) is 9.64. The highest BCUT2D eigenvalue weighted by Gasteiger charge is 2.28. The van der Waals surface area contributed by atoms with E-state index in [0.717, 1.165) is 32.5 Å². The molecule has 2 aromatic rings. The minimum Gasteiger partial charge on any atom is -0.466 e. The number of hydrogen-bond acceptors (Lipinski definition) is 4. The monoisotopic (exact) mass is 527 g/mol. The maximum absolute atomic E-state index is 10.6. The molecule has 2 heterocycles. The second kappa shape index (κ2) is 11.7. The molecule has 3 rings (SSSR count). The molecule has 0 amide bonds. The van der Waals surface area contributed by atoms with Crippen LogP contribution in [0.1, 0.15) is 49.7 Å². The van der Waals surface area contributed by atoms with Crippen molar-refractivity contribution in [1.82, 2.24) is 10.6 Å². The highest BCUT2D eigenvalue weighted by molar-refractivity contribution is 14.0. The fraction of sp³-hybridized carbons (Fsp3) is 0.522. The van der Waals surface area contributed by atoms with Gasteiger partial charge in [-0.05, 0) is 51.3 Å². The topological polar surface area (TPSA) is 79.0 Å². The third-order valence-corrected chi connectivity index (χ3v) is 5.32. The van der Waals surface area contributed by atoms with E-state index in [2.05, 4.69) is 46.8 Å². The van der Waals surface area contributed by atoms with E-state index in [9.17, 15) is 5.11 Å². The van der Waals surface area contributed by atoms with Crippen LogP contribution < -0.4 is 10.6 Å². The molecular weight excluding hydrogens is 493 g/mol. The third kappa shape index (κ3) is 6.72. The van der Waals surface area contributed by atoms with Crippen LogP contribution in [0.25, 0.3) is 0 Å². The van der Waals surface area contributed by atoms with Gasteiger partial charge in [-0.3, -0.25) is 0 Å². The van der Waals surface area contributed by atoms with Crippen LogP contribution in [0.2, 0.25) is 0 Å². The molecule has 1 saturated heterocycles. The van der Waals surface area contributed by atoms with Crippen molar-refractivity contribution in [2.45, 2.75) is 45.3 Å². The number of aliphatic imine (C=N–C) groups is 1. The van der Waals surface area contributed by atoms with Gasteiger partial charge in [0, 0.05) is 25.6 Å². The summed E-state index contributed by atoms with van der Waals surface area (Å²) >= 11 is 0. The third-order valence-electron chi connectivity index (χ3n) is 5.32. The lowest BCUT2D eigenvalue weighted by atomic mass is 9.89. The quantitative estimate of drug-likeness (QED) is 0.287. The summed E-state index contributed by atoms with van der Waals surface area (Å²) in [5.74, 6) is 1.56. The fourth-order valence-corrected chi connectivity index (χ4v) is 3.64. The molecule has 1 aliphatic rings. The Morgan fingerprint density at radius 2 is 2.00 bits per heavy atom. The second-order valence-corrected chi connectivity index (χ2v) is 7.93. The van der Waals surface area contributed by atoms with Gasteiger partial charge in [0.1, 0.15) is 11.4 Å². The Morgan fingerprint density at radius 1 is 1.23 bits per heavy atom. The highest BCUT2D eigenvalue weighted by Crippen LogP contribution is 2.33. The summed E-state index contributed by atoms with van der Waals surface area (Å²) in [7, 11) is 0. The molecule has 3 N–H and O–H groups in total. The molecule has 1 aromatic carbocycles. The number of hydrogen-bond donors (Lipinski definition) is 3. The molecule has 0 bridgehead atoms. The number of nitrogens with one attached hydrogen (secondary N) is 2. The van der Waals surface area contributed by atoms with Gasteiger partial charge in [0.15, 0.2) is 5.96 Å². The Morgan fingerprint density at radius 3 is 2.67 bits per heavy atom. The van der Waals surface area contributed by atoms with Crippen LogP contribution in [0.4, 0.5) is 0 Å². The van der Waals surface area contributed by atoms with Crippen molar-refractivity contribution in [3.63, 3.8) is 0 Å². The van der Waals surface area contributed by atoms with Gasteiger partial charge < -0.3 is 24.9 Å². The van der Waals surface area contributed by atoms with E-state index < -0.39 is 5.60 Å². The molecule has 3 unspecified atom stereocenters. The number of furan rings is 1. The normalized spacial score (nSPS) is 21.4. The molecular formula is C23H34IN3O3. The Balaban J connectivity index is 0.00000320. The summed E-state index contributed by atoms with van der Waals surface area (Å²) in [4.78, 5) is 4.58. The van der Waals surface area contributed by atoms with Crippen LogP contribution in [0, 0.1) is 12.8 Å². The van der Waals surface area contributed by atoms with Gasteiger partial charge in [-0.1, -0.05) is 29.8 Å². The number of nitrogens with zero attached hydrogens (tertiary/aromatic N) is 1. The molecule has 3 atom stereocenters.